The van der Waals surface area contributed by atoms with Crippen LogP contribution in [0.5, 0.6) is 0 Å². The third-order valence-electron chi connectivity index (χ3n) is 2.21. The topological polar surface area (TPSA) is 0 Å². The molecule has 0 aliphatic carbocycles. The van der Waals surface area contributed by atoms with Crippen LogP contribution in [0.2, 0.25) is 0 Å². The van der Waals surface area contributed by atoms with Gasteiger partial charge >= 0.3 is 0 Å². The van der Waals surface area contributed by atoms with Crippen LogP contribution in [0.25, 0.3) is 0 Å². The first-order chi connectivity index (χ1) is 6.91. The standard InChI is InChI=1S/C14H25/c1-3-5-7-9-11-13-14-12-10-8-6-4-2/h6,8,12,14H,1,3-5,7,9-11,13H2,2H3/b8-6+,14-12+. The molecule has 0 fully saturated rings. The Bertz CT molecular complexity index is 142. The Morgan fingerprint density at radius 1 is 0.857 bits per heavy atom. The molecule has 0 atom stereocenters. The molecule has 0 saturated carbocycles. The van der Waals surface area contributed by atoms with E-state index in [1.807, 2.05) is 0 Å². The minimum Gasteiger partial charge on any atom is -0.0885 e. The summed E-state index contributed by atoms with van der Waals surface area (Å²) in [6.45, 7) is 6.01. The molecule has 0 amide bonds. The Labute approximate surface area is 90.1 Å². The van der Waals surface area contributed by atoms with Gasteiger partial charge < -0.3 is 0 Å². The van der Waals surface area contributed by atoms with Crippen LogP contribution < -0.4 is 0 Å². The van der Waals surface area contributed by atoms with Gasteiger partial charge in [0.1, 0.15) is 0 Å². The predicted octanol–water partition coefficient (Wildman–Crippen LogP) is 5.07. The maximum absolute atomic E-state index is 3.84. The number of hydrogen-bond donors (Lipinski definition) is 0. The molecule has 0 aromatic rings. The smallest absolute Gasteiger partial charge is 0.0169 e. The molecule has 0 aromatic carbocycles. The zero-order valence-corrected chi connectivity index (χ0v) is 9.67. The highest BCUT2D eigenvalue weighted by Gasteiger charge is 1.85. The van der Waals surface area contributed by atoms with Gasteiger partial charge in [0.15, 0.2) is 0 Å². The highest BCUT2D eigenvalue weighted by Crippen LogP contribution is 2.05. The lowest BCUT2D eigenvalue weighted by molar-refractivity contribution is 0.651. The maximum Gasteiger partial charge on any atom is -0.0169 e. The van der Waals surface area contributed by atoms with E-state index in [1.165, 1.54) is 32.1 Å². The van der Waals surface area contributed by atoms with E-state index in [0.717, 1.165) is 19.3 Å². The fourth-order valence-electron chi connectivity index (χ4n) is 1.35. The second kappa shape index (κ2) is 12.5. The van der Waals surface area contributed by atoms with E-state index in [1.54, 1.807) is 0 Å². The Morgan fingerprint density at radius 3 is 2.29 bits per heavy atom. The molecular formula is C14H25. The zero-order chi connectivity index (χ0) is 10.5. The van der Waals surface area contributed by atoms with Crippen LogP contribution in [0, 0.1) is 6.92 Å². The normalized spacial score (nSPS) is 11.9. The lowest BCUT2D eigenvalue weighted by Gasteiger charge is -1.95. The summed E-state index contributed by atoms with van der Waals surface area (Å²) >= 11 is 0. The molecule has 0 aliphatic heterocycles. The van der Waals surface area contributed by atoms with Gasteiger partial charge in [0.25, 0.3) is 0 Å². The number of unbranched alkanes of at least 4 members (excludes halogenated alkanes) is 5. The second-order valence-corrected chi connectivity index (χ2v) is 3.64. The van der Waals surface area contributed by atoms with Gasteiger partial charge in [-0.05, 0) is 25.7 Å². The van der Waals surface area contributed by atoms with Crippen molar-refractivity contribution in [2.45, 2.75) is 58.3 Å². The molecule has 0 rings (SSSR count). The van der Waals surface area contributed by atoms with Crippen molar-refractivity contribution in [2.24, 2.45) is 0 Å². The molecular weight excluding hydrogens is 168 g/mol. The average Bonchev–Trinajstić information content (AvgIpc) is 2.21. The first kappa shape index (κ1) is 13.5. The van der Waals surface area contributed by atoms with Crippen molar-refractivity contribution in [1.82, 2.24) is 0 Å². The van der Waals surface area contributed by atoms with E-state index in [9.17, 15) is 0 Å². The van der Waals surface area contributed by atoms with Gasteiger partial charge in [0, 0.05) is 0 Å². The van der Waals surface area contributed by atoms with Gasteiger partial charge in [0.05, 0.1) is 0 Å². The van der Waals surface area contributed by atoms with E-state index >= 15 is 0 Å². The van der Waals surface area contributed by atoms with Gasteiger partial charge in [-0.2, -0.15) is 0 Å². The van der Waals surface area contributed by atoms with Crippen LogP contribution in [0.1, 0.15) is 58.3 Å². The van der Waals surface area contributed by atoms with Crippen LogP contribution in [-0.2, 0) is 0 Å². The van der Waals surface area contributed by atoms with Crippen molar-refractivity contribution >= 4 is 0 Å². The molecule has 0 nitrogen and oxygen atoms in total. The first-order valence-electron chi connectivity index (χ1n) is 6.01. The van der Waals surface area contributed by atoms with E-state index in [-0.39, 0.29) is 0 Å². The number of hydrogen-bond acceptors (Lipinski definition) is 0. The molecule has 0 N–H and O–H groups in total. The first-order valence-corrected chi connectivity index (χ1v) is 6.01. The summed E-state index contributed by atoms with van der Waals surface area (Å²) in [5.41, 5.74) is 0. The molecule has 0 aromatic heterocycles. The fourth-order valence-corrected chi connectivity index (χ4v) is 1.35. The average molecular weight is 193 g/mol. The lowest BCUT2D eigenvalue weighted by Crippen LogP contribution is -1.75. The lowest BCUT2D eigenvalue weighted by atomic mass is 10.1. The Balaban J connectivity index is 3.07. The fraction of sp³-hybridized carbons (Fsp3) is 0.643. The molecule has 0 saturated heterocycles. The molecule has 0 unspecified atom stereocenters. The zero-order valence-electron chi connectivity index (χ0n) is 9.67. The number of rotatable bonds is 9. The maximum atomic E-state index is 3.84. The van der Waals surface area contributed by atoms with Crippen molar-refractivity contribution in [3.05, 3.63) is 31.2 Å². The molecule has 0 heterocycles. The Kier molecular flexibility index (Phi) is 12.0. The Hall–Kier alpha value is -0.520. The van der Waals surface area contributed by atoms with Gasteiger partial charge in [0.2, 0.25) is 0 Å². The Morgan fingerprint density at radius 2 is 1.57 bits per heavy atom. The van der Waals surface area contributed by atoms with E-state index < -0.39 is 0 Å². The monoisotopic (exact) mass is 193 g/mol. The van der Waals surface area contributed by atoms with Gasteiger partial charge in [-0.1, -0.05) is 63.8 Å². The summed E-state index contributed by atoms with van der Waals surface area (Å²) in [5, 5.41) is 0. The SMILES string of the molecule is [CH2]CCCCCC/C=C/C/C=C/CC. The molecule has 0 aliphatic rings. The molecule has 14 heavy (non-hydrogen) atoms. The summed E-state index contributed by atoms with van der Waals surface area (Å²) in [4.78, 5) is 0. The van der Waals surface area contributed by atoms with E-state index in [0.29, 0.717) is 0 Å². The highest BCUT2D eigenvalue weighted by molar-refractivity contribution is 4.92. The van der Waals surface area contributed by atoms with E-state index in [2.05, 4.69) is 38.2 Å². The van der Waals surface area contributed by atoms with Crippen molar-refractivity contribution in [3.8, 4) is 0 Å². The third kappa shape index (κ3) is 11.5. The van der Waals surface area contributed by atoms with Gasteiger partial charge in [-0.25, -0.2) is 0 Å². The largest absolute Gasteiger partial charge is 0.0885 e. The minimum absolute atomic E-state index is 1.09. The van der Waals surface area contributed by atoms with Gasteiger partial charge in [-0.15, -0.1) is 0 Å². The van der Waals surface area contributed by atoms with Crippen molar-refractivity contribution < 1.29 is 0 Å². The summed E-state index contributed by atoms with van der Waals surface area (Å²) in [6, 6.07) is 0. The summed E-state index contributed by atoms with van der Waals surface area (Å²) < 4.78 is 0. The van der Waals surface area contributed by atoms with Crippen LogP contribution in [0.4, 0.5) is 0 Å². The van der Waals surface area contributed by atoms with Crippen LogP contribution in [0.15, 0.2) is 24.3 Å². The van der Waals surface area contributed by atoms with Crippen LogP contribution in [0.3, 0.4) is 0 Å². The minimum atomic E-state index is 1.09. The second-order valence-electron chi connectivity index (χ2n) is 3.64. The molecule has 0 bridgehead atoms. The third-order valence-corrected chi connectivity index (χ3v) is 2.21. The van der Waals surface area contributed by atoms with Crippen LogP contribution >= 0.6 is 0 Å². The molecule has 0 heteroatoms. The highest BCUT2D eigenvalue weighted by atomic mass is 13.9. The van der Waals surface area contributed by atoms with Crippen molar-refractivity contribution in [3.63, 3.8) is 0 Å². The van der Waals surface area contributed by atoms with E-state index in [4.69, 9.17) is 0 Å². The predicted molar refractivity (Wildman–Crippen MR) is 66.2 cm³/mol. The molecule has 81 valence electrons. The van der Waals surface area contributed by atoms with Crippen LogP contribution in [-0.4, -0.2) is 0 Å². The molecule has 0 spiro atoms. The quantitative estimate of drug-likeness (QED) is 0.354. The van der Waals surface area contributed by atoms with Crippen molar-refractivity contribution in [2.75, 3.05) is 0 Å². The van der Waals surface area contributed by atoms with Crippen molar-refractivity contribution in [1.29, 1.82) is 0 Å². The number of allylic oxidation sites excluding steroid dienone is 4. The summed E-state index contributed by atoms with van der Waals surface area (Å²) in [5.74, 6) is 0. The summed E-state index contributed by atoms with van der Waals surface area (Å²) in [7, 11) is 0. The van der Waals surface area contributed by atoms with Gasteiger partial charge in [-0.3, -0.25) is 0 Å². The summed E-state index contributed by atoms with van der Waals surface area (Å²) in [6.07, 6.45) is 19.0. The molecule has 1 radical (unpaired) electrons.